The van der Waals surface area contributed by atoms with Gasteiger partial charge in [-0.15, -0.1) is 22.7 Å². The molecule has 132 valence electrons. The monoisotopic (exact) mass is 365 g/mol. The van der Waals surface area contributed by atoms with Crippen LogP contribution >= 0.6 is 22.7 Å². The summed E-state index contributed by atoms with van der Waals surface area (Å²) in [5, 5.41) is 11.4. The Hall–Kier alpha value is -1.01. The summed E-state index contributed by atoms with van der Waals surface area (Å²) in [7, 11) is 0. The number of hydrogen-bond acceptors (Lipinski definition) is 5. The highest BCUT2D eigenvalue weighted by Gasteiger charge is 2.17. The van der Waals surface area contributed by atoms with E-state index in [0.29, 0.717) is 6.42 Å². The third kappa shape index (κ3) is 6.13. The van der Waals surface area contributed by atoms with E-state index < -0.39 is 5.54 Å². The molecule has 0 amide bonds. The first-order chi connectivity index (χ1) is 11.4. The summed E-state index contributed by atoms with van der Waals surface area (Å²) in [6, 6.07) is 6.17. The highest BCUT2D eigenvalue weighted by molar-refractivity contribution is 7.14. The molecule has 0 saturated carbocycles. The van der Waals surface area contributed by atoms with Crippen LogP contribution in [0, 0.1) is 6.92 Å². The lowest BCUT2D eigenvalue weighted by Gasteiger charge is -2.20. The summed E-state index contributed by atoms with van der Waals surface area (Å²) in [5.41, 5.74) is 6.73. The number of ketones is 1. The average molecular weight is 366 g/mol. The van der Waals surface area contributed by atoms with Crippen LogP contribution in [0.15, 0.2) is 23.6 Å². The third-order valence-electron chi connectivity index (χ3n) is 4.10. The fourth-order valence-electron chi connectivity index (χ4n) is 2.48. The van der Waals surface area contributed by atoms with Gasteiger partial charge in [-0.1, -0.05) is 0 Å². The first-order valence-electron chi connectivity index (χ1n) is 8.45. The first kappa shape index (κ1) is 19.3. The highest BCUT2D eigenvalue weighted by Crippen LogP contribution is 2.23. The largest absolute Gasteiger partial charge is 0.394 e. The second kappa shape index (κ2) is 8.90. The fraction of sp³-hybridized carbons (Fsp3) is 0.526. The van der Waals surface area contributed by atoms with Crippen LogP contribution in [0.25, 0.3) is 0 Å². The Morgan fingerprint density at radius 2 is 2.04 bits per heavy atom. The van der Waals surface area contributed by atoms with Gasteiger partial charge in [0.25, 0.3) is 0 Å². The Labute approximate surface area is 152 Å². The zero-order valence-electron chi connectivity index (χ0n) is 14.5. The normalized spacial score (nSPS) is 13.8. The van der Waals surface area contributed by atoms with Gasteiger partial charge in [0, 0.05) is 21.7 Å². The molecule has 5 heteroatoms. The number of aryl methyl sites for hydroxylation is 3. The lowest BCUT2D eigenvalue weighted by Crippen LogP contribution is -2.40. The van der Waals surface area contributed by atoms with Gasteiger partial charge in [0.1, 0.15) is 0 Å². The first-order valence-corrected chi connectivity index (χ1v) is 10.1. The number of hydrogen-bond donors (Lipinski definition) is 2. The maximum Gasteiger partial charge on any atom is 0.172 e. The Kier molecular flexibility index (Phi) is 7.16. The van der Waals surface area contributed by atoms with Crippen LogP contribution < -0.4 is 5.73 Å². The molecule has 1 unspecified atom stereocenters. The summed E-state index contributed by atoms with van der Waals surface area (Å²) in [6.07, 6.45) is 5.22. The van der Waals surface area contributed by atoms with Crippen molar-refractivity contribution < 1.29 is 9.90 Å². The van der Waals surface area contributed by atoms with Crippen molar-refractivity contribution in [2.45, 2.75) is 57.9 Å². The van der Waals surface area contributed by atoms with E-state index in [1.54, 1.807) is 22.7 Å². The van der Waals surface area contributed by atoms with E-state index in [4.69, 9.17) is 5.73 Å². The van der Waals surface area contributed by atoms with Gasteiger partial charge in [0.15, 0.2) is 5.78 Å². The molecule has 24 heavy (non-hydrogen) atoms. The van der Waals surface area contributed by atoms with Crippen molar-refractivity contribution in [2.75, 3.05) is 6.61 Å². The van der Waals surface area contributed by atoms with E-state index >= 15 is 0 Å². The summed E-state index contributed by atoms with van der Waals surface area (Å²) in [4.78, 5) is 15.7. The lowest BCUT2D eigenvalue weighted by atomic mass is 9.98. The molecule has 0 aromatic carbocycles. The molecule has 0 aliphatic carbocycles. The number of carbonyl (C=O) groups is 1. The number of carbonyl (C=O) groups excluding carboxylic acids is 1. The van der Waals surface area contributed by atoms with Crippen molar-refractivity contribution in [2.24, 2.45) is 5.73 Å². The van der Waals surface area contributed by atoms with Crippen molar-refractivity contribution >= 4 is 28.5 Å². The third-order valence-corrected chi connectivity index (χ3v) is 6.40. The smallest absolute Gasteiger partial charge is 0.172 e. The Morgan fingerprint density at radius 3 is 2.71 bits per heavy atom. The number of nitrogens with two attached hydrogens (primary N) is 1. The fourth-order valence-corrected chi connectivity index (χ4v) is 4.38. The minimum atomic E-state index is -0.547. The molecule has 2 aromatic rings. The van der Waals surface area contributed by atoms with Crippen molar-refractivity contribution in [3.63, 3.8) is 0 Å². The molecule has 3 nitrogen and oxygen atoms in total. The number of Topliss-reactive ketones (excluding diaryl/α,β-unsaturated/α-hetero) is 1. The highest BCUT2D eigenvalue weighted by atomic mass is 32.1. The van der Waals surface area contributed by atoms with E-state index in [1.807, 2.05) is 19.1 Å². The zero-order chi connectivity index (χ0) is 17.6. The predicted molar refractivity (Wildman–Crippen MR) is 103 cm³/mol. The maximum absolute atomic E-state index is 12.3. The Bertz CT molecular complexity index is 658. The van der Waals surface area contributed by atoms with Gasteiger partial charge in [0.05, 0.1) is 11.5 Å². The van der Waals surface area contributed by atoms with Gasteiger partial charge >= 0.3 is 0 Å². The number of thiophene rings is 2. The second-order valence-electron chi connectivity index (χ2n) is 6.80. The van der Waals surface area contributed by atoms with Crippen molar-refractivity contribution in [3.05, 3.63) is 43.8 Å². The minimum absolute atomic E-state index is 0.0199. The summed E-state index contributed by atoms with van der Waals surface area (Å²) in [6.45, 7) is 3.95. The summed E-state index contributed by atoms with van der Waals surface area (Å²) >= 11 is 3.37. The number of rotatable bonds is 10. The molecule has 0 aliphatic rings. The van der Waals surface area contributed by atoms with Crippen LogP contribution in [0.3, 0.4) is 0 Å². The van der Waals surface area contributed by atoms with Crippen LogP contribution in [0.4, 0.5) is 0 Å². The van der Waals surface area contributed by atoms with Crippen LogP contribution in [-0.2, 0) is 12.8 Å². The van der Waals surface area contributed by atoms with Gasteiger partial charge in [-0.25, -0.2) is 0 Å². The van der Waals surface area contributed by atoms with E-state index in [2.05, 4.69) is 18.4 Å². The lowest BCUT2D eigenvalue weighted by molar-refractivity contribution is 0.0983. The number of aliphatic hydroxyl groups excluding tert-OH is 1. The maximum atomic E-state index is 12.3. The zero-order valence-corrected chi connectivity index (χ0v) is 16.1. The standard InChI is InChI=1S/C19H27NO2S2/c1-14-11-16(23-12-14)5-3-4-6-17(22)18-8-7-15(24-18)9-10-19(2,20)13-21/h7-8,11-12,21H,3-6,9-10,13,20H2,1-2H3. The predicted octanol–water partition coefficient (Wildman–Crippen LogP) is 4.36. The van der Waals surface area contributed by atoms with Crippen LogP contribution in [0.1, 0.15) is 57.6 Å². The quantitative estimate of drug-likeness (QED) is 0.486. The van der Waals surface area contributed by atoms with E-state index in [-0.39, 0.29) is 12.4 Å². The summed E-state index contributed by atoms with van der Waals surface area (Å²) in [5.74, 6) is 0.242. The van der Waals surface area contributed by atoms with Crippen molar-refractivity contribution in [1.82, 2.24) is 0 Å². The molecule has 1 atom stereocenters. The van der Waals surface area contributed by atoms with Crippen LogP contribution in [-0.4, -0.2) is 23.0 Å². The van der Waals surface area contributed by atoms with Gasteiger partial charge < -0.3 is 10.8 Å². The molecule has 2 heterocycles. The molecular formula is C19H27NO2S2. The average Bonchev–Trinajstić information content (AvgIpc) is 3.18. The van der Waals surface area contributed by atoms with Crippen molar-refractivity contribution in [3.8, 4) is 0 Å². The van der Waals surface area contributed by atoms with Gasteiger partial charge in [-0.3, -0.25) is 4.79 Å². The Balaban J connectivity index is 1.72. The van der Waals surface area contributed by atoms with Crippen LogP contribution in [0.5, 0.6) is 0 Å². The molecule has 2 rings (SSSR count). The molecule has 0 radical (unpaired) electrons. The molecule has 0 spiro atoms. The molecular weight excluding hydrogens is 338 g/mol. The molecule has 3 N–H and O–H groups in total. The van der Waals surface area contributed by atoms with Gasteiger partial charge in [-0.05, 0) is 75.1 Å². The molecule has 0 saturated heterocycles. The van der Waals surface area contributed by atoms with E-state index in [1.165, 1.54) is 10.4 Å². The molecule has 2 aromatic heterocycles. The molecule has 0 fully saturated rings. The molecule has 0 bridgehead atoms. The van der Waals surface area contributed by atoms with Gasteiger partial charge in [0.2, 0.25) is 0 Å². The van der Waals surface area contributed by atoms with Crippen LogP contribution in [0.2, 0.25) is 0 Å². The Morgan fingerprint density at radius 1 is 1.25 bits per heavy atom. The SMILES string of the molecule is Cc1csc(CCCCC(=O)c2ccc(CCC(C)(N)CO)s2)c1. The molecule has 0 aliphatic heterocycles. The van der Waals surface area contributed by atoms with Gasteiger partial charge in [-0.2, -0.15) is 0 Å². The van der Waals surface area contributed by atoms with Crippen molar-refractivity contribution in [1.29, 1.82) is 0 Å². The van der Waals surface area contributed by atoms with E-state index in [9.17, 15) is 9.90 Å². The topological polar surface area (TPSA) is 63.3 Å². The summed E-state index contributed by atoms with van der Waals surface area (Å²) < 4.78 is 0. The number of unbranched alkanes of at least 4 members (excludes halogenated alkanes) is 1. The second-order valence-corrected chi connectivity index (χ2v) is 8.96. The minimum Gasteiger partial charge on any atom is -0.394 e. The van der Waals surface area contributed by atoms with E-state index in [0.717, 1.165) is 41.9 Å². The number of aliphatic hydroxyl groups is 1.